The molecule has 41 heavy (non-hydrogen) atoms. The van der Waals surface area contributed by atoms with E-state index < -0.39 is 18.3 Å². The van der Waals surface area contributed by atoms with Crippen LogP contribution in [0.1, 0.15) is 59.2 Å². The minimum absolute atomic E-state index is 0.0752. The lowest BCUT2D eigenvalue weighted by Crippen LogP contribution is -2.17. The molecule has 2 N–H and O–H groups in total. The summed E-state index contributed by atoms with van der Waals surface area (Å²) in [5.74, 6) is -1.39. The Hall–Kier alpha value is -4.27. The summed E-state index contributed by atoms with van der Waals surface area (Å²) < 4.78 is 47.1. The normalized spacial score (nSPS) is 14.9. The molecule has 0 amide bonds. The number of rotatable bonds is 14. The zero-order valence-corrected chi connectivity index (χ0v) is 22.3. The molecule has 0 heterocycles. The Kier molecular flexibility index (Phi) is 9.37. The van der Waals surface area contributed by atoms with E-state index in [1.54, 1.807) is 24.3 Å². The number of ether oxygens (including phenoxy) is 2. The van der Waals surface area contributed by atoms with Crippen molar-refractivity contribution in [3.63, 3.8) is 0 Å². The van der Waals surface area contributed by atoms with E-state index in [1.165, 1.54) is 24.3 Å². The van der Waals surface area contributed by atoms with Crippen molar-refractivity contribution < 1.29 is 42.4 Å². The zero-order valence-electron chi connectivity index (χ0n) is 22.3. The van der Waals surface area contributed by atoms with Crippen LogP contribution in [0.5, 0.6) is 11.5 Å². The van der Waals surface area contributed by atoms with Gasteiger partial charge in [-0.05, 0) is 84.9 Å². The molecule has 216 valence electrons. The summed E-state index contributed by atoms with van der Waals surface area (Å²) in [6.07, 6.45) is 3.49. The van der Waals surface area contributed by atoms with Crippen LogP contribution >= 0.6 is 0 Å². The molecule has 0 aromatic heterocycles. The topological polar surface area (TPSA) is 93.1 Å². The number of aliphatic carboxylic acids is 1. The molecule has 1 atom stereocenters. The molecule has 1 saturated carbocycles. The van der Waals surface area contributed by atoms with Crippen LogP contribution < -0.4 is 9.47 Å². The molecule has 0 aliphatic heterocycles. The number of para-hydroxylation sites is 1. The Morgan fingerprint density at radius 2 is 1.59 bits per heavy atom. The number of hydrogen-bond donors (Lipinski definition) is 2. The summed E-state index contributed by atoms with van der Waals surface area (Å²) >= 11 is 0. The van der Waals surface area contributed by atoms with E-state index in [0.29, 0.717) is 17.7 Å². The molecule has 6 nitrogen and oxygen atoms in total. The van der Waals surface area contributed by atoms with Gasteiger partial charge in [0.2, 0.25) is 0 Å². The van der Waals surface area contributed by atoms with Gasteiger partial charge in [0.15, 0.2) is 0 Å². The van der Waals surface area contributed by atoms with Crippen LogP contribution in [0.25, 0.3) is 6.08 Å². The second kappa shape index (κ2) is 12.9. The van der Waals surface area contributed by atoms with Gasteiger partial charge in [-0.15, -0.1) is 13.2 Å². The van der Waals surface area contributed by atoms with Gasteiger partial charge >= 0.3 is 18.3 Å². The van der Waals surface area contributed by atoms with Crippen molar-refractivity contribution in [2.24, 2.45) is 11.3 Å². The Morgan fingerprint density at radius 1 is 0.927 bits per heavy atom. The van der Waals surface area contributed by atoms with Gasteiger partial charge in [0.05, 0.1) is 12.0 Å². The Morgan fingerprint density at radius 3 is 2.20 bits per heavy atom. The minimum atomic E-state index is -4.75. The van der Waals surface area contributed by atoms with E-state index >= 15 is 0 Å². The average molecular weight is 569 g/mol. The van der Waals surface area contributed by atoms with Gasteiger partial charge in [-0.3, -0.25) is 4.79 Å². The van der Waals surface area contributed by atoms with Gasteiger partial charge in [0.1, 0.15) is 18.1 Å². The summed E-state index contributed by atoms with van der Waals surface area (Å²) in [6.45, 7) is 0.147. The molecule has 1 unspecified atom stereocenters. The quantitative estimate of drug-likeness (QED) is 0.206. The molecule has 1 aliphatic carbocycles. The Labute approximate surface area is 236 Å². The third-order valence-electron chi connectivity index (χ3n) is 7.25. The third-order valence-corrected chi connectivity index (χ3v) is 7.25. The molecule has 1 aliphatic rings. The van der Waals surface area contributed by atoms with Crippen LogP contribution in [0.2, 0.25) is 0 Å². The molecular weight excluding hydrogens is 537 g/mol. The number of hydrogen-bond acceptors (Lipinski definition) is 4. The SMILES string of the molecule is O=C(O)CC1(CCC(/C=C/c2ccccc2OCc2ccc(OC(F)(F)F)cc2)Cc2ccc(C(=O)O)cc2)CC1. The largest absolute Gasteiger partial charge is 0.573 e. The van der Waals surface area contributed by atoms with Gasteiger partial charge in [-0.25, -0.2) is 4.79 Å². The van der Waals surface area contributed by atoms with Crippen molar-refractivity contribution >= 4 is 18.0 Å². The Balaban J connectivity index is 1.45. The van der Waals surface area contributed by atoms with Gasteiger partial charge in [0, 0.05) is 5.56 Å². The standard InChI is InChI=1S/C32H31F3O6/c33-32(34,35)41-27-13-8-24(9-14-27)21-40-28-4-2-1-3-25(28)10-5-23(15-16-31(17-18-31)20-29(36)37)19-22-6-11-26(12-7-22)30(38)39/h1-14,23H,15-21H2,(H,36,37)(H,38,39)/b10-5+. The van der Waals surface area contributed by atoms with Gasteiger partial charge in [-0.1, -0.05) is 54.6 Å². The summed E-state index contributed by atoms with van der Waals surface area (Å²) in [4.78, 5) is 22.6. The second-order valence-electron chi connectivity index (χ2n) is 10.5. The zero-order chi connectivity index (χ0) is 29.5. The van der Waals surface area contributed by atoms with Gasteiger partial charge in [0.25, 0.3) is 0 Å². The third kappa shape index (κ3) is 9.41. The summed E-state index contributed by atoms with van der Waals surface area (Å²) in [5, 5.41) is 18.5. The fourth-order valence-corrected chi connectivity index (χ4v) is 4.79. The molecule has 3 aromatic rings. The highest BCUT2D eigenvalue weighted by Gasteiger charge is 2.43. The molecule has 3 aromatic carbocycles. The summed E-state index contributed by atoms with van der Waals surface area (Å²) in [6, 6.07) is 19.7. The molecular formula is C32H31F3O6. The highest BCUT2D eigenvalue weighted by Crippen LogP contribution is 2.53. The number of alkyl halides is 3. The van der Waals surface area contributed by atoms with Crippen LogP contribution in [0.4, 0.5) is 13.2 Å². The molecule has 0 bridgehead atoms. The lowest BCUT2D eigenvalue weighted by Gasteiger charge is -2.18. The first-order valence-corrected chi connectivity index (χ1v) is 13.3. The highest BCUT2D eigenvalue weighted by molar-refractivity contribution is 5.87. The van der Waals surface area contributed by atoms with E-state index in [9.17, 15) is 33.0 Å². The molecule has 4 rings (SSSR count). The highest BCUT2D eigenvalue weighted by atomic mass is 19.4. The van der Waals surface area contributed by atoms with E-state index in [0.717, 1.165) is 36.8 Å². The van der Waals surface area contributed by atoms with Crippen molar-refractivity contribution in [1.29, 1.82) is 0 Å². The lowest BCUT2D eigenvalue weighted by atomic mass is 9.87. The molecule has 0 spiro atoms. The Bertz CT molecular complexity index is 1360. The van der Waals surface area contributed by atoms with E-state index in [2.05, 4.69) is 10.8 Å². The summed E-state index contributed by atoms with van der Waals surface area (Å²) in [7, 11) is 0. The lowest BCUT2D eigenvalue weighted by molar-refractivity contribution is -0.274. The molecule has 1 fully saturated rings. The van der Waals surface area contributed by atoms with Crippen molar-refractivity contribution in [2.45, 2.75) is 51.5 Å². The second-order valence-corrected chi connectivity index (χ2v) is 10.5. The fourth-order valence-electron chi connectivity index (χ4n) is 4.79. The molecule has 0 radical (unpaired) electrons. The monoisotopic (exact) mass is 568 g/mol. The number of carboxylic acids is 2. The first-order valence-electron chi connectivity index (χ1n) is 13.3. The first kappa shape index (κ1) is 29.7. The maximum atomic E-state index is 12.4. The van der Waals surface area contributed by atoms with Crippen LogP contribution in [-0.2, 0) is 17.8 Å². The molecule has 9 heteroatoms. The van der Waals surface area contributed by atoms with E-state index in [4.69, 9.17) is 4.74 Å². The first-order chi connectivity index (χ1) is 19.5. The number of halogens is 3. The van der Waals surface area contributed by atoms with Crippen LogP contribution in [0.3, 0.4) is 0 Å². The summed E-state index contributed by atoms with van der Waals surface area (Å²) in [5.41, 5.74) is 2.55. The van der Waals surface area contributed by atoms with Gasteiger partial charge in [-0.2, -0.15) is 0 Å². The smallest absolute Gasteiger partial charge is 0.488 e. The number of carbonyl (C=O) groups is 2. The van der Waals surface area contributed by atoms with Crippen molar-refractivity contribution in [3.8, 4) is 11.5 Å². The number of benzene rings is 3. The van der Waals surface area contributed by atoms with Crippen molar-refractivity contribution in [3.05, 3.63) is 101 Å². The average Bonchev–Trinajstić information content (AvgIpc) is 3.68. The minimum Gasteiger partial charge on any atom is -0.488 e. The van der Waals surface area contributed by atoms with Crippen LogP contribution in [-0.4, -0.2) is 28.5 Å². The fraction of sp³-hybridized carbons (Fsp3) is 0.312. The van der Waals surface area contributed by atoms with Gasteiger partial charge < -0.3 is 19.7 Å². The maximum absolute atomic E-state index is 12.4. The predicted octanol–water partition coefficient (Wildman–Crippen LogP) is 7.77. The van der Waals surface area contributed by atoms with Crippen molar-refractivity contribution in [1.82, 2.24) is 0 Å². The predicted molar refractivity (Wildman–Crippen MR) is 147 cm³/mol. The van der Waals surface area contributed by atoms with E-state index in [-0.39, 0.29) is 35.7 Å². The molecule has 0 saturated heterocycles. The van der Waals surface area contributed by atoms with E-state index in [1.807, 2.05) is 30.3 Å². The maximum Gasteiger partial charge on any atom is 0.573 e. The number of aromatic carboxylic acids is 1. The van der Waals surface area contributed by atoms with Crippen LogP contribution in [0.15, 0.2) is 78.9 Å². The van der Waals surface area contributed by atoms with Crippen molar-refractivity contribution in [2.75, 3.05) is 0 Å². The number of allylic oxidation sites excluding steroid dienone is 1. The van der Waals surface area contributed by atoms with Crippen LogP contribution in [0, 0.1) is 11.3 Å². The number of carboxylic acid groups (broad SMARTS) is 2.